The second-order valence-corrected chi connectivity index (χ2v) is 8.60. The van der Waals surface area contributed by atoms with Gasteiger partial charge in [0.1, 0.15) is 4.21 Å². The average molecular weight is 361 g/mol. The molecule has 0 atom stereocenters. The lowest BCUT2D eigenvalue weighted by Gasteiger charge is -2.29. The van der Waals surface area contributed by atoms with Crippen molar-refractivity contribution in [3.8, 4) is 11.4 Å². The van der Waals surface area contributed by atoms with Crippen LogP contribution in [-0.2, 0) is 16.4 Å². The highest BCUT2D eigenvalue weighted by Crippen LogP contribution is 2.35. The summed E-state index contributed by atoms with van der Waals surface area (Å²) >= 11 is 1.18. The molecule has 0 amide bonds. The van der Waals surface area contributed by atoms with Gasteiger partial charge in [-0.15, -0.1) is 11.3 Å². The van der Waals surface area contributed by atoms with Crippen LogP contribution in [0.1, 0.15) is 17.9 Å². The second kappa shape index (κ2) is 5.71. The van der Waals surface area contributed by atoms with Crippen molar-refractivity contribution in [1.29, 1.82) is 0 Å². The number of hydrogen-bond acceptors (Lipinski definition) is 6. The summed E-state index contributed by atoms with van der Waals surface area (Å²) in [6, 6.07) is 9.27. The average Bonchev–Trinajstić information content (AvgIpc) is 3.23. The van der Waals surface area contributed by atoms with Crippen LogP contribution in [0, 0.1) is 6.92 Å². The standard InChI is InChI=1S/C16H15N3O3S2/c1-11-17-16(18-22-11)13-9-15(23-10-13)24(20,21)19-8-4-6-12-5-2-3-7-14(12)19/h2-3,5,7,9-10H,4,6,8H2,1H3. The molecule has 0 radical (unpaired) electrons. The maximum atomic E-state index is 13.1. The van der Waals surface area contributed by atoms with E-state index in [-0.39, 0.29) is 4.21 Å². The van der Waals surface area contributed by atoms with Crippen molar-refractivity contribution in [3.63, 3.8) is 0 Å². The Hall–Kier alpha value is -2.19. The Kier molecular flexibility index (Phi) is 3.65. The van der Waals surface area contributed by atoms with Gasteiger partial charge in [0.05, 0.1) is 5.69 Å². The third kappa shape index (κ3) is 2.51. The normalized spacial score (nSPS) is 14.6. The van der Waals surface area contributed by atoms with Gasteiger partial charge in [0.2, 0.25) is 11.7 Å². The molecule has 1 aromatic carbocycles. The topological polar surface area (TPSA) is 76.3 Å². The van der Waals surface area contributed by atoms with Gasteiger partial charge in [-0.1, -0.05) is 23.4 Å². The predicted molar refractivity (Wildman–Crippen MR) is 91.6 cm³/mol. The molecule has 0 unspecified atom stereocenters. The Balaban J connectivity index is 1.73. The van der Waals surface area contributed by atoms with Crippen molar-refractivity contribution in [3.05, 3.63) is 47.2 Å². The van der Waals surface area contributed by atoms with Crippen molar-refractivity contribution < 1.29 is 12.9 Å². The van der Waals surface area contributed by atoms with Crippen molar-refractivity contribution in [2.75, 3.05) is 10.8 Å². The van der Waals surface area contributed by atoms with Crippen molar-refractivity contribution in [1.82, 2.24) is 10.1 Å². The summed E-state index contributed by atoms with van der Waals surface area (Å²) in [7, 11) is -3.59. The van der Waals surface area contributed by atoms with Gasteiger partial charge in [0.25, 0.3) is 10.0 Å². The zero-order valence-electron chi connectivity index (χ0n) is 13.0. The van der Waals surface area contributed by atoms with Crippen LogP contribution in [0.25, 0.3) is 11.4 Å². The van der Waals surface area contributed by atoms with Gasteiger partial charge < -0.3 is 4.52 Å². The highest BCUT2D eigenvalue weighted by atomic mass is 32.2. The Labute approximate surface area is 143 Å². The summed E-state index contributed by atoms with van der Waals surface area (Å²) in [5.41, 5.74) is 2.49. The summed E-state index contributed by atoms with van der Waals surface area (Å²) in [5, 5.41) is 5.59. The fourth-order valence-corrected chi connectivity index (χ4v) is 5.65. The number of fused-ring (bicyclic) bond motifs is 1. The van der Waals surface area contributed by atoms with Gasteiger partial charge in [-0.3, -0.25) is 4.31 Å². The minimum atomic E-state index is -3.59. The van der Waals surface area contributed by atoms with Gasteiger partial charge in [-0.25, -0.2) is 8.42 Å². The summed E-state index contributed by atoms with van der Waals surface area (Å²) in [5.74, 6) is 0.856. The Bertz CT molecular complexity index is 991. The maximum Gasteiger partial charge on any atom is 0.273 e. The van der Waals surface area contributed by atoms with E-state index in [1.54, 1.807) is 18.4 Å². The highest BCUT2D eigenvalue weighted by Gasteiger charge is 2.30. The number of para-hydroxylation sites is 1. The lowest BCUT2D eigenvalue weighted by molar-refractivity contribution is 0.394. The van der Waals surface area contributed by atoms with Crippen molar-refractivity contribution in [2.45, 2.75) is 24.0 Å². The molecule has 0 saturated heterocycles. The number of sulfonamides is 1. The number of thiophene rings is 1. The summed E-state index contributed by atoms with van der Waals surface area (Å²) in [4.78, 5) is 4.15. The number of benzene rings is 1. The van der Waals surface area contributed by atoms with E-state index in [0.717, 1.165) is 24.1 Å². The SMILES string of the molecule is Cc1nc(-c2csc(S(=O)(=O)N3CCCc4ccccc43)c2)no1. The first-order valence-electron chi connectivity index (χ1n) is 7.55. The van der Waals surface area contributed by atoms with E-state index < -0.39 is 10.0 Å². The number of anilines is 1. The van der Waals surface area contributed by atoms with Crippen LogP contribution in [0.5, 0.6) is 0 Å². The molecule has 0 N–H and O–H groups in total. The molecule has 124 valence electrons. The molecule has 3 aromatic rings. The lowest BCUT2D eigenvalue weighted by atomic mass is 10.0. The molecule has 0 fully saturated rings. The number of aromatic nitrogens is 2. The number of rotatable bonds is 3. The highest BCUT2D eigenvalue weighted by molar-refractivity contribution is 7.94. The molecule has 2 aromatic heterocycles. The van der Waals surface area contributed by atoms with Crippen LogP contribution in [0.3, 0.4) is 0 Å². The predicted octanol–water partition coefficient (Wildman–Crippen LogP) is 3.25. The largest absolute Gasteiger partial charge is 0.339 e. The minimum Gasteiger partial charge on any atom is -0.339 e. The van der Waals surface area contributed by atoms with Gasteiger partial charge >= 0.3 is 0 Å². The molecule has 0 aliphatic carbocycles. The Morgan fingerprint density at radius 2 is 2.12 bits per heavy atom. The molecule has 6 nitrogen and oxygen atoms in total. The third-order valence-corrected chi connectivity index (χ3v) is 7.20. The van der Waals surface area contributed by atoms with E-state index in [4.69, 9.17) is 4.52 Å². The van der Waals surface area contributed by atoms with Gasteiger partial charge in [-0.05, 0) is 30.5 Å². The molecular formula is C16H15N3O3S2. The zero-order chi connectivity index (χ0) is 16.7. The molecule has 4 rings (SSSR count). The first-order valence-corrected chi connectivity index (χ1v) is 9.87. The monoisotopic (exact) mass is 361 g/mol. The summed E-state index contributed by atoms with van der Waals surface area (Å²) < 4.78 is 32.9. The zero-order valence-corrected chi connectivity index (χ0v) is 14.6. The van der Waals surface area contributed by atoms with E-state index in [9.17, 15) is 8.42 Å². The van der Waals surface area contributed by atoms with Gasteiger partial charge in [-0.2, -0.15) is 4.98 Å². The number of nitrogens with zero attached hydrogens (tertiary/aromatic N) is 3. The van der Waals surface area contributed by atoms with Crippen molar-refractivity contribution >= 4 is 27.0 Å². The van der Waals surface area contributed by atoms with E-state index in [1.807, 2.05) is 24.3 Å². The number of hydrogen-bond donors (Lipinski definition) is 0. The Morgan fingerprint density at radius 1 is 1.29 bits per heavy atom. The molecule has 0 saturated carbocycles. The fourth-order valence-electron chi connectivity index (χ4n) is 2.84. The van der Waals surface area contributed by atoms with Crippen LogP contribution in [0.15, 0.2) is 44.4 Å². The van der Waals surface area contributed by atoms with Crippen LogP contribution in [0.4, 0.5) is 5.69 Å². The van der Waals surface area contributed by atoms with E-state index in [1.165, 1.54) is 15.6 Å². The van der Waals surface area contributed by atoms with Crippen LogP contribution in [-0.4, -0.2) is 25.1 Å². The molecule has 1 aliphatic heterocycles. The van der Waals surface area contributed by atoms with Gasteiger partial charge in [0, 0.05) is 24.4 Å². The smallest absolute Gasteiger partial charge is 0.273 e. The van der Waals surface area contributed by atoms with E-state index >= 15 is 0 Å². The fraction of sp³-hybridized carbons (Fsp3) is 0.250. The minimum absolute atomic E-state index is 0.289. The lowest BCUT2D eigenvalue weighted by Crippen LogP contribution is -2.35. The summed E-state index contributed by atoms with van der Waals surface area (Å²) in [6.07, 6.45) is 1.72. The molecular weight excluding hydrogens is 346 g/mol. The molecule has 1 aliphatic rings. The van der Waals surface area contributed by atoms with Crippen LogP contribution < -0.4 is 4.31 Å². The Morgan fingerprint density at radius 3 is 2.92 bits per heavy atom. The maximum absolute atomic E-state index is 13.1. The van der Waals surface area contributed by atoms with Crippen molar-refractivity contribution in [2.24, 2.45) is 0 Å². The molecule has 24 heavy (non-hydrogen) atoms. The quantitative estimate of drug-likeness (QED) is 0.716. The van der Waals surface area contributed by atoms with Crippen LogP contribution in [0.2, 0.25) is 0 Å². The van der Waals surface area contributed by atoms with E-state index in [0.29, 0.717) is 23.8 Å². The molecule has 8 heteroatoms. The second-order valence-electron chi connectivity index (χ2n) is 5.60. The summed E-state index contributed by atoms with van der Waals surface area (Å²) in [6.45, 7) is 2.19. The van der Waals surface area contributed by atoms with Gasteiger partial charge in [0.15, 0.2) is 0 Å². The first kappa shape index (κ1) is 15.3. The number of aryl methyl sites for hydroxylation is 2. The molecule has 3 heterocycles. The third-order valence-electron chi connectivity index (χ3n) is 3.97. The van der Waals surface area contributed by atoms with Crippen LogP contribution >= 0.6 is 11.3 Å². The molecule has 0 bridgehead atoms. The first-order chi connectivity index (χ1) is 11.6. The molecule has 0 spiro atoms. The van der Waals surface area contributed by atoms with E-state index in [2.05, 4.69) is 10.1 Å².